The lowest BCUT2D eigenvalue weighted by molar-refractivity contribution is 0.0694. The number of carbonyl (C=O) groups is 2. The van der Waals surface area contributed by atoms with E-state index in [-0.39, 0.29) is 23.6 Å². The maximum absolute atomic E-state index is 13.0. The fourth-order valence-corrected chi connectivity index (χ4v) is 3.62. The lowest BCUT2D eigenvalue weighted by Gasteiger charge is -2.23. The van der Waals surface area contributed by atoms with Crippen LogP contribution in [0, 0.1) is 6.92 Å². The molecule has 0 atom stereocenters. The topological polar surface area (TPSA) is 80.3 Å². The second kappa shape index (κ2) is 10.7. The summed E-state index contributed by atoms with van der Waals surface area (Å²) < 4.78 is 5.33. The monoisotopic (exact) mass is 419 g/mol. The van der Waals surface area contributed by atoms with Crippen molar-refractivity contribution in [2.24, 2.45) is 0 Å². The molecular weight excluding hydrogens is 390 g/mol. The number of rotatable bonds is 4. The van der Waals surface area contributed by atoms with E-state index in [0.29, 0.717) is 24.5 Å². The number of benzene rings is 2. The number of ether oxygens (including phenoxy) is 1. The van der Waals surface area contributed by atoms with Gasteiger partial charge in [0.15, 0.2) is 5.69 Å². The number of carbonyl (C=O) groups excluding carboxylic acids is 2. The number of nitrogens with one attached hydrogen (secondary N) is 2. The first-order valence-electron chi connectivity index (χ1n) is 10.8. The second-order valence-electron chi connectivity index (χ2n) is 7.19. The Morgan fingerprint density at radius 3 is 2.39 bits per heavy atom. The third kappa shape index (κ3) is 5.27. The number of pyridine rings is 1. The van der Waals surface area contributed by atoms with E-state index in [9.17, 15) is 9.59 Å². The van der Waals surface area contributed by atoms with Crippen molar-refractivity contribution in [3.63, 3.8) is 0 Å². The van der Waals surface area contributed by atoms with Gasteiger partial charge < -0.3 is 15.4 Å². The Kier molecular flexibility index (Phi) is 7.73. The molecule has 1 fully saturated rings. The average molecular weight is 420 g/mol. The number of aromatic nitrogens is 1. The number of anilines is 1. The summed E-state index contributed by atoms with van der Waals surface area (Å²) in [6.45, 7) is 7.29. The molecule has 0 spiro atoms. The van der Waals surface area contributed by atoms with Crippen molar-refractivity contribution in [1.82, 2.24) is 10.3 Å². The van der Waals surface area contributed by atoms with Gasteiger partial charge in [-0.15, -0.1) is 0 Å². The van der Waals surface area contributed by atoms with Crippen molar-refractivity contribution in [2.45, 2.75) is 39.7 Å². The second-order valence-corrected chi connectivity index (χ2v) is 7.19. The van der Waals surface area contributed by atoms with E-state index in [1.165, 1.54) is 0 Å². The molecule has 2 amide bonds. The molecule has 0 aliphatic carbocycles. The number of amides is 2. The van der Waals surface area contributed by atoms with Crippen molar-refractivity contribution in [3.8, 4) is 0 Å². The van der Waals surface area contributed by atoms with Gasteiger partial charge in [0.1, 0.15) is 0 Å². The van der Waals surface area contributed by atoms with Gasteiger partial charge in [-0.3, -0.25) is 9.59 Å². The quantitative estimate of drug-likeness (QED) is 0.641. The van der Waals surface area contributed by atoms with Crippen LogP contribution in [-0.4, -0.2) is 36.1 Å². The number of aryl methyl sites for hydroxylation is 1. The van der Waals surface area contributed by atoms with E-state index in [0.717, 1.165) is 29.2 Å². The van der Waals surface area contributed by atoms with Crippen LogP contribution < -0.4 is 10.6 Å². The van der Waals surface area contributed by atoms with E-state index < -0.39 is 0 Å². The standard InChI is InChI=1S/C23H23N3O3.C2H6/c1-15-8-9-19(18-6-3-2-5-17(15)18)22(27)26-20-7-4-12-24-21(20)23(28)25-16-10-13-29-14-11-16;1-2/h2-9,12,16H,10-11,13-14H2,1H3,(H,25,28)(H,26,27);1-2H3. The SMILES string of the molecule is CC.Cc1ccc(C(=O)Nc2cccnc2C(=O)NC2CCOCC2)c2ccccc12. The van der Waals surface area contributed by atoms with Crippen molar-refractivity contribution in [1.29, 1.82) is 0 Å². The molecule has 6 nitrogen and oxygen atoms in total. The van der Waals surface area contributed by atoms with Crippen molar-refractivity contribution in [2.75, 3.05) is 18.5 Å². The van der Waals surface area contributed by atoms with Crippen LogP contribution >= 0.6 is 0 Å². The maximum Gasteiger partial charge on any atom is 0.272 e. The molecule has 1 aliphatic rings. The molecule has 6 heteroatoms. The molecule has 1 saturated heterocycles. The molecule has 4 rings (SSSR count). The highest BCUT2D eigenvalue weighted by Gasteiger charge is 2.21. The Hall–Kier alpha value is -3.25. The highest BCUT2D eigenvalue weighted by molar-refractivity contribution is 6.15. The van der Waals surface area contributed by atoms with Gasteiger partial charge in [0.05, 0.1) is 5.69 Å². The molecular formula is C25H29N3O3. The lowest BCUT2D eigenvalue weighted by Crippen LogP contribution is -2.39. The van der Waals surface area contributed by atoms with E-state index in [2.05, 4.69) is 15.6 Å². The number of hydrogen-bond acceptors (Lipinski definition) is 4. The molecule has 162 valence electrons. The van der Waals surface area contributed by atoms with Gasteiger partial charge in [-0.05, 0) is 54.3 Å². The Labute approximate surface area is 183 Å². The highest BCUT2D eigenvalue weighted by atomic mass is 16.5. The third-order valence-electron chi connectivity index (χ3n) is 5.21. The van der Waals surface area contributed by atoms with Crippen LogP contribution in [0.1, 0.15) is 53.1 Å². The molecule has 31 heavy (non-hydrogen) atoms. The van der Waals surface area contributed by atoms with Gasteiger partial charge in [-0.2, -0.15) is 0 Å². The van der Waals surface area contributed by atoms with Crippen LogP contribution in [0.3, 0.4) is 0 Å². The fourth-order valence-electron chi connectivity index (χ4n) is 3.62. The molecule has 0 radical (unpaired) electrons. The summed E-state index contributed by atoms with van der Waals surface area (Å²) in [6.07, 6.45) is 3.10. The Balaban J connectivity index is 0.00000132. The van der Waals surface area contributed by atoms with E-state index >= 15 is 0 Å². The Morgan fingerprint density at radius 1 is 0.935 bits per heavy atom. The smallest absolute Gasteiger partial charge is 0.272 e. The number of nitrogens with zero attached hydrogens (tertiary/aromatic N) is 1. The minimum absolute atomic E-state index is 0.0582. The zero-order valence-electron chi connectivity index (χ0n) is 18.3. The van der Waals surface area contributed by atoms with Crippen molar-refractivity contribution >= 4 is 28.3 Å². The van der Waals surface area contributed by atoms with Crippen LogP contribution in [0.2, 0.25) is 0 Å². The lowest BCUT2D eigenvalue weighted by atomic mass is 10.00. The predicted octanol–water partition coefficient (Wildman–Crippen LogP) is 4.73. The van der Waals surface area contributed by atoms with E-state index in [4.69, 9.17) is 4.74 Å². The third-order valence-corrected chi connectivity index (χ3v) is 5.21. The molecule has 2 aromatic carbocycles. The van der Waals surface area contributed by atoms with Crippen LogP contribution in [0.4, 0.5) is 5.69 Å². The zero-order chi connectivity index (χ0) is 22.2. The first-order valence-corrected chi connectivity index (χ1v) is 10.8. The van der Waals surface area contributed by atoms with Crippen LogP contribution in [-0.2, 0) is 4.74 Å². The molecule has 3 aromatic rings. The van der Waals surface area contributed by atoms with Crippen molar-refractivity contribution in [3.05, 3.63) is 71.5 Å². The van der Waals surface area contributed by atoms with E-state index in [1.807, 2.05) is 57.2 Å². The van der Waals surface area contributed by atoms with Crippen LogP contribution in [0.25, 0.3) is 10.8 Å². The first kappa shape index (κ1) is 22.4. The molecule has 0 unspecified atom stereocenters. The van der Waals surface area contributed by atoms with E-state index in [1.54, 1.807) is 18.3 Å². The molecule has 0 bridgehead atoms. The summed E-state index contributed by atoms with van der Waals surface area (Å²) >= 11 is 0. The highest BCUT2D eigenvalue weighted by Crippen LogP contribution is 2.24. The van der Waals surface area contributed by atoms with Gasteiger partial charge in [-0.1, -0.05) is 44.2 Å². The summed E-state index contributed by atoms with van der Waals surface area (Å²) in [5.74, 6) is -0.559. The molecule has 2 heterocycles. The minimum atomic E-state index is -0.290. The summed E-state index contributed by atoms with van der Waals surface area (Å²) in [7, 11) is 0. The summed E-state index contributed by atoms with van der Waals surface area (Å²) in [4.78, 5) is 30.0. The minimum Gasteiger partial charge on any atom is -0.381 e. The van der Waals surface area contributed by atoms with Gasteiger partial charge >= 0.3 is 0 Å². The number of fused-ring (bicyclic) bond motifs is 1. The molecule has 1 aromatic heterocycles. The first-order chi connectivity index (χ1) is 15.1. The van der Waals surface area contributed by atoms with Crippen LogP contribution in [0.15, 0.2) is 54.7 Å². The Morgan fingerprint density at radius 2 is 1.65 bits per heavy atom. The normalized spacial score (nSPS) is 13.8. The van der Waals surface area contributed by atoms with Crippen LogP contribution in [0.5, 0.6) is 0 Å². The summed E-state index contributed by atoms with van der Waals surface area (Å²) in [5, 5.41) is 7.77. The Bertz CT molecular complexity index is 1060. The van der Waals surface area contributed by atoms with Crippen molar-refractivity contribution < 1.29 is 14.3 Å². The fraction of sp³-hybridized carbons (Fsp3) is 0.320. The summed E-state index contributed by atoms with van der Waals surface area (Å²) in [6, 6.07) is 15.0. The largest absolute Gasteiger partial charge is 0.381 e. The average Bonchev–Trinajstić information content (AvgIpc) is 2.82. The predicted molar refractivity (Wildman–Crippen MR) is 124 cm³/mol. The molecule has 1 aliphatic heterocycles. The van der Waals surface area contributed by atoms with Gasteiger partial charge in [0.25, 0.3) is 11.8 Å². The maximum atomic E-state index is 13.0. The summed E-state index contributed by atoms with van der Waals surface area (Å²) in [5.41, 5.74) is 2.27. The number of hydrogen-bond donors (Lipinski definition) is 2. The van der Waals surface area contributed by atoms with Gasteiger partial charge in [-0.25, -0.2) is 4.98 Å². The van der Waals surface area contributed by atoms with Gasteiger partial charge in [0.2, 0.25) is 0 Å². The molecule has 0 saturated carbocycles. The van der Waals surface area contributed by atoms with Gasteiger partial charge in [0, 0.05) is 31.0 Å². The molecule has 2 N–H and O–H groups in total. The zero-order valence-corrected chi connectivity index (χ0v) is 18.3.